The Kier molecular flexibility index (Phi) is 6.02. The van der Waals surface area contributed by atoms with Crippen LogP contribution in [0.4, 0.5) is 0 Å². The van der Waals surface area contributed by atoms with Gasteiger partial charge in [0.25, 0.3) is 5.56 Å². The van der Waals surface area contributed by atoms with Crippen LogP contribution < -0.4 is 10.3 Å². The average Bonchev–Trinajstić information content (AvgIpc) is 2.67. The van der Waals surface area contributed by atoms with E-state index in [1.54, 1.807) is 30.3 Å². The first kappa shape index (κ1) is 19.9. The Morgan fingerprint density at radius 2 is 1.96 bits per heavy atom. The van der Waals surface area contributed by atoms with E-state index >= 15 is 0 Å². The van der Waals surface area contributed by atoms with Gasteiger partial charge >= 0.3 is 5.97 Å². The van der Waals surface area contributed by atoms with Crippen LogP contribution in [0.15, 0.2) is 58.2 Å². The standard InChI is InChI=1S/C17H15ClN4O5S/c18-12-4-3-5-13(10-12)28(25,26)19-9-8-16(23)27-11-22-17(24)14-6-1-2-7-15(14)20-21-22/h1-7,10,19H,8-9,11H2. The van der Waals surface area contributed by atoms with Crippen LogP contribution in [0.5, 0.6) is 0 Å². The summed E-state index contributed by atoms with van der Waals surface area (Å²) >= 11 is 5.78. The van der Waals surface area contributed by atoms with Crippen molar-refractivity contribution in [3.63, 3.8) is 0 Å². The summed E-state index contributed by atoms with van der Waals surface area (Å²) in [4.78, 5) is 24.1. The molecular weight excluding hydrogens is 408 g/mol. The SMILES string of the molecule is O=C(CCNS(=O)(=O)c1cccc(Cl)c1)OCn1nnc2ccccc2c1=O. The third kappa shape index (κ3) is 4.71. The number of ether oxygens (including phenoxy) is 1. The van der Waals surface area contributed by atoms with Crippen molar-refractivity contribution >= 4 is 38.5 Å². The van der Waals surface area contributed by atoms with Gasteiger partial charge in [-0.1, -0.05) is 35.0 Å². The summed E-state index contributed by atoms with van der Waals surface area (Å²) in [5.41, 5.74) is -0.00874. The number of hydrogen-bond donors (Lipinski definition) is 1. The van der Waals surface area contributed by atoms with Crippen molar-refractivity contribution in [1.29, 1.82) is 0 Å². The van der Waals surface area contributed by atoms with Gasteiger partial charge in [-0.05, 0) is 30.3 Å². The van der Waals surface area contributed by atoms with Crippen molar-refractivity contribution in [1.82, 2.24) is 19.7 Å². The summed E-state index contributed by atoms with van der Waals surface area (Å²) in [7, 11) is -3.80. The molecule has 0 unspecified atom stereocenters. The molecule has 9 nitrogen and oxygen atoms in total. The molecule has 0 spiro atoms. The Balaban J connectivity index is 1.54. The van der Waals surface area contributed by atoms with E-state index in [0.29, 0.717) is 10.9 Å². The van der Waals surface area contributed by atoms with E-state index < -0.39 is 28.3 Å². The zero-order valence-electron chi connectivity index (χ0n) is 14.4. The molecule has 0 bridgehead atoms. The monoisotopic (exact) mass is 422 g/mol. The molecule has 3 rings (SSSR count). The topological polar surface area (TPSA) is 120 Å². The number of rotatable bonds is 7. The predicted molar refractivity (Wildman–Crippen MR) is 101 cm³/mol. The number of nitrogens with one attached hydrogen (secondary N) is 1. The molecule has 28 heavy (non-hydrogen) atoms. The smallest absolute Gasteiger partial charge is 0.308 e. The van der Waals surface area contributed by atoms with Crippen LogP contribution in [0.3, 0.4) is 0 Å². The fourth-order valence-corrected chi connectivity index (χ4v) is 3.65. The normalized spacial score (nSPS) is 11.5. The fraction of sp³-hybridized carbons (Fsp3) is 0.176. The van der Waals surface area contributed by atoms with Crippen molar-refractivity contribution in [2.45, 2.75) is 18.0 Å². The molecule has 0 fully saturated rings. The van der Waals surface area contributed by atoms with Crippen LogP contribution in [-0.2, 0) is 26.3 Å². The molecule has 0 aliphatic heterocycles. The molecule has 0 aliphatic carbocycles. The molecule has 1 aromatic heterocycles. The van der Waals surface area contributed by atoms with Gasteiger partial charge in [0.1, 0.15) is 5.52 Å². The number of benzene rings is 2. The summed E-state index contributed by atoms with van der Waals surface area (Å²) in [6, 6.07) is 12.4. The summed E-state index contributed by atoms with van der Waals surface area (Å²) < 4.78 is 32.4. The second-order valence-corrected chi connectivity index (χ2v) is 7.87. The van der Waals surface area contributed by atoms with Crippen molar-refractivity contribution in [3.05, 3.63) is 63.9 Å². The lowest BCUT2D eigenvalue weighted by atomic mass is 10.2. The lowest BCUT2D eigenvalue weighted by molar-refractivity contribution is -0.147. The van der Waals surface area contributed by atoms with E-state index in [1.165, 1.54) is 18.2 Å². The zero-order valence-corrected chi connectivity index (χ0v) is 16.0. The molecule has 0 saturated carbocycles. The molecule has 146 valence electrons. The van der Waals surface area contributed by atoms with Gasteiger partial charge < -0.3 is 4.74 Å². The fourth-order valence-electron chi connectivity index (χ4n) is 2.32. The number of aromatic nitrogens is 3. The Labute approximate surface area is 164 Å². The van der Waals surface area contributed by atoms with E-state index in [-0.39, 0.29) is 22.9 Å². The highest BCUT2D eigenvalue weighted by Crippen LogP contribution is 2.15. The molecule has 0 amide bonds. The van der Waals surface area contributed by atoms with E-state index in [0.717, 1.165) is 4.68 Å². The quantitative estimate of drug-likeness (QED) is 0.570. The highest BCUT2D eigenvalue weighted by molar-refractivity contribution is 7.89. The summed E-state index contributed by atoms with van der Waals surface area (Å²) in [5, 5.41) is 8.20. The van der Waals surface area contributed by atoms with Gasteiger partial charge in [0.05, 0.1) is 16.7 Å². The Morgan fingerprint density at radius 1 is 1.18 bits per heavy atom. The number of halogens is 1. The number of hydrogen-bond acceptors (Lipinski definition) is 7. The molecule has 1 N–H and O–H groups in total. The van der Waals surface area contributed by atoms with Crippen LogP contribution in [0.25, 0.3) is 10.9 Å². The number of fused-ring (bicyclic) bond motifs is 1. The minimum atomic E-state index is -3.80. The highest BCUT2D eigenvalue weighted by Gasteiger charge is 2.15. The molecule has 0 aliphatic rings. The van der Waals surface area contributed by atoms with E-state index in [1.807, 2.05) is 0 Å². The molecular formula is C17H15ClN4O5S. The number of nitrogens with zero attached hydrogens (tertiary/aromatic N) is 3. The van der Waals surface area contributed by atoms with Gasteiger partial charge in [-0.3, -0.25) is 9.59 Å². The van der Waals surface area contributed by atoms with Crippen molar-refractivity contribution < 1.29 is 17.9 Å². The van der Waals surface area contributed by atoms with Crippen molar-refractivity contribution in [2.75, 3.05) is 6.54 Å². The summed E-state index contributed by atoms with van der Waals surface area (Å²) in [6.07, 6.45) is -0.227. The lowest BCUT2D eigenvalue weighted by Gasteiger charge is -2.08. The maximum absolute atomic E-state index is 12.2. The van der Waals surface area contributed by atoms with Crippen LogP contribution in [0, 0.1) is 0 Å². The lowest BCUT2D eigenvalue weighted by Crippen LogP contribution is -2.29. The van der Waals surface area contributed by atoms with Crippen LogP contribution in [0.1, 0.15) is 6.42 Å². The zero-order chi connectivity index (χ0) is 20.1. The third-order valence-electron chi connectivity index (χ3n) is 3.70. The molecule has 11 heteroatoms. The minimum Gasteiger partial charge on any atom is -0.442 e. The maximum atomic E-state index is 12.2. The molecule has 0 radical (unpaired) electrons. The first-order valence-electron chi connectivity index (χ1n) is 8.10. The number of sulfonamides is 1. The van der Waals surface area contributed by atoms with Crippen LogP contribution in [0.2, 0.25) is 5.02 Å². The Morgan fingerprint density at radius 3 is 2.75 bits per heavy atom. The van der Waals surface area contributed by atoms with Crippen LogP contribution in [-0.4, -0.2) is 35.9 Å². The predicted octanol–water partition coefficient (Wildman–Crippen LogP) is 1.31. The van der Waals surface area contributed by atoms with Gasteiger partial charge in [-0.2, -0.15) is 4.68 Å². The van der Waals surface area contributed by atoms with Gasteiger partial charge in [0.2, 0.25) is 10.0 Å². The number of carbonyl (C=O) groups excluding carboxylic acids is 1. The van der Waals surface area contributed by atoms with Crippen molar-refractivity contribution in [2.24, 2.45) is 0 Å². The second-order valence-electron chi connectivity index (χ2n) is 5.66. The summed E-state index contributed by atoms with van der Waals surface area (Å²) in [6.45, 7) is -0.595. The van der Waals surface area contributed by atoms with Gasteiger partial charge in [0.15, 0.2) is 6.73 Å². The van der Waals surface area contributed by atoms with Gasteiger partial charge in [0, 0.05) is 11.6 Å². The minimum absolute atomic E-state index is 0.00800. The van der Waals surface area contributed by atoms with E-state index in [4.69, 9.17) is 16.3 Å². The highest BCUT2D eigenvalue weighted by atomic mass is 35.5. The Hall–Kier alpha value is -2.82. The molecule has 3 aromatic rings. The first-order chi connectivity index (χ1) is 13.4. The summed E-state index contributed by atoms with van der Waals surface area (Å²) in [5.74, 6) is -0.698. The molecule has 0 atom stereocenters. The number of esters is 1. The van der Waals surface area contributed by atoms with E-state index in [2.05, 4.69) is 15.0 Å². The van der Waals surface area contributed by atoms with Gasteiger partial charge in [-0.25, -0.2) is 13.1 Å². The average molecular weight is 423 g/mol. The second kappa shape index (κ2) is 8.46. The molecule has 1 heterocycles. The number of carbonyl (C=O) groups is 1. The first-order valence-corrected chi connectivity index (χ1v) is 9.96. The maximum Gasteiger partial charge on any atom is 0.308 e. The Bertz CT molecular complexity index is 1180. The molecule has 2 aromatic carbocycles. The largest absolute Gasteiger partial charge is 0.442 e. The van der Waals surface area contributed by atoms with E-state index in [9.17, 15) is 18.0 Å². The molecule has 0 saturated heterocycles. The van der Waals surface area contributed by atoms with Crippen LogP contribution >= 0.6 is 11.6 Å². The third-order valence-corrected chi connectivity index (χ3v) is 5.40. The van der Waals surface area contributed by atoms with Crippen molar-refractivity contribution in [3.8, 4) is 0 Å². The van der Waals surface area contributed by atoms with Gasteiger partial charge in [-0.15, -0.1) is 5.10 Å².